The SMILES string of the molecule is Cc1c(N)cccc1-c1cccs1. The maximum Gasteiger partial charge on any atom is 0.0350 e. The summed E-state index contributed by atoms with van der Waals surface area (Å²) < 4.78 is 0. The van der Waals surface area contributed by atoms with Crippen LogP contribution in [0.4, 0.5) is 5.69 Å². The standard InChI is InChI=1S/C11H11NS/c1-8-9(4-2-5-10(8)12)11-6-3-7-13-11/h2-7H,12H2,1H3. The summed E-state index contributed by atoms with van der Waals surface area (Å²) in [6.45, 7) is 2.06. The molecule has 1 heterocycles. The molecule has 0 bridgehead atoms. The van der Waals surface area contributed by atoms with Crippen LogP contribution in [0, 0.1) is 6.92 Å². The molecule has 1 aromatic heterocycles. The largest absolute Gasteiger partial charge is 0.398 e. The normalized spacial score (nSPS) is 10.2. The van der Waals surface area contributed by atoms with Gasteiger partial charge in [0.15, 0.2) is 0 Å². The van der Waals surface area contributed by atoms with Gasteiger partial charge in [0.25, 0.3) is 0 Å². The molecule has 0 aliphatic carbocycles. The highest BCUT2D eigenvalue weighted by molar-refractivity contribution is 7.13. The molecule has 0 saturated carbocycles. The Morgan fingerprint density at radius 2 is 2.00 bits per heavy atom. The van der Waals surface area contributed by atoms with E-state index in [1.54, 1.807) is 11.3 Å². The summed E-state index contributed by atoms with van der Waals surface area (Å²) >= 11 is 1.74. The molecule has 66 valence electrons. The van der Waals surface area contributed by atoms with Gasteiger partial charge in [-0.2, -0.15) is 0 Å². The van der Waals surface area contributed by atoms with Crippen LogP contribution < -0.4 is 5.73 Å². The smallest absolute Gasteiger partial charge is 0.0350 e. The number of hydrogen-bond donors (Lipinski definition) is 1. The topological polar surface area (TPSA) is 26.0 Å². The van der Waals surface area contributed by atoms with E-state index in [-0.39, 0.29) is 0 Å². The van der Waals surface area contributed by atoms with Crippen molar-refractivity contribution in [3.8, 4) is 10.4 Å². The van der Waals surface area contributed by atoms with Crippen molar-refractivity contribution in [2.24, 2.45) is 0 Å². The van der Waals surface area contributed by atoms with E-state index in [2.05, 4.69) is 30.5 Å². The van der Waals surface area contributed by atoms with E-state index in [0.717, 1.165) is 5.69 Å². The molecular formula is C11H11NS. The van der Waals surface area contributed by atoms with Crippen LogP contribution in [0.5, 0.6) is 0 Å². The van der Waals surface area contributed by atoms with Gasteiger partial charge in [-0.05, 0) is 35.6 Å². The van der Waals surface area contributed by atoms with Crippen LogP contribution in [0.15, 0.2) is 35.7 Å². The van der Waals surface area contributed by atoms with Crippen LogP contribution in [0.3, 0.4) is 0 Å². The van der Waals surface area contributed by atoms with Crippen molar-refractivity contribution >= 4 is 17.0 Å². The Bertz CT molecular complexity index is 404. The van der Waals surface area contributed by atoms with Crippen LogP contribution in [0.2, 0.25) is 0 Å². The fraction of sp³-hybridized carbons (Fsp3) is 0.0909. The third-order valence-electron chi connectivity index (χ3n) is 2.16. The van der Waals surface area contributed by atoms with Gasteiger partial charge >= 0.3 is 0 Å². The Morgan fingerprint density at radius 3 is 2.69 bits per heavy atom. The summed E-state index contributed by atoms with van der Waals surface area (Å²) in [6, 6.07) is 10.2. The molecule has 0 amide bonds. The summed E-state index contributed by atoms with van der Waals surface area (Å²) in [7, 11) is 0. The molecule has 0 radical (unpaired) electrons. The van der Waals surface area contributed by atoms with Crippen LogP contribution >= 0.6 is 11.3 Å². The average molecular weight is 189 g/mol. The molecule has 2 heteroatoms. The summed E-state index contributed by atoms with van der Waals surface area (Å²) in [5.74, 6) is 0. The maximum absolute atomic E-state index is 5.83. The Morgan fingerprint density at radius 1 is 1.15 bits per heavy atom. The number of nitrogen functional groups attached to an aromatic ring is 1. The van der Waals surface area contributed by atoms with E-state index in [9.17, 15) is 0 Å². The van der Waals surface area contributed by atoms with Crippen molar-refractivity contribution in [1.29, 1.82) is 0 Å². The second kappa shape index (κ2) is 3.23. The third kappa shape index (κ3) is 1.45. The Labute approximate surface area is 81.8 Å². The molecule has 0 aliphatic heterocycles. The number of nitrogens with two attached hydrogens (primary N) is 1. The second-order valence-electron chi connectivity index (χ2n) is 3.00. The first-order valence-electron chi connectivity index (χ1n) is 4.18. The fourth-order valence-corrected chi connectivity index (χ4v) is 2.16. The molecule has 0 saturated heterocycles. The first kappa shape index (κ1) is 8.32. The first-order valence-corrected chi connectivity index (χ1v) is 5.06. The van der Waals surface area contributed by atoms with Crippen molar-refractivity contribution in [1.82, 2.24) is 0 Å². The fourth-order valence-electron chi connectivity index (χ4n) is 1.35. The molecule has 2 rings (SSSR count). The van der Waals surface area contributed by atoms with Crippen LogP contribution in [0.25, 0.3) is 10.4 Å². The molecule has 0 aliphatic rings. The minimum atomic E-state index is 0.867. The van der Waals surface area contributed by atoms with E-state index in [1.165, 1.54) is 16.0 Å². The Hall–Kier alpha value is -1.28. The number of anilines is 1. The molecule has 1 aromatic carbocycles. The van der Waals surface area contributed by atoms with Gasteiger partial charge in [-0.15, -0.1) is 11.3 Å². The molecule has 13 heavy (non-hydrogen) atoms. The third-order valence-corrected chi connectivity index (χ3v) is 3.07. The predicted molar refractivity (Wildman–Crippen MR) is 58.9 cm³/mol. The van der Waals surface area contributed by atoms with Crippen molar-refractivity contribution < 1.29 is 0 Å². The van der Waals surface area contributed by atoms with Gasteiger partial charge in [-0.3, -0.25) is 0 Å². The minimum absolute atomic E-state index is 0.867. The first-order chi connectivity index (χ1) is 6.29. The summed E-state index contributed by atoms with van der Waals surface area (Å²) in [5, 5.41) is 2.08. The van der Waals surface area contributed by atoms with Crippen LogP contribution in [-0.4, -0.2) is 0 Å². The highest BCUT2D eigenvalue weighted by atomic mass is 32.1. The molecular weight excluding hydrogens is 178 g/mol. The number of thiophene rings is 1. The maximum atomic E-state index is 5.83. The molecule has 0 atom stereocenters. The Balaban J connectivity index is 2.59. The summed E-state index contributed by atoms with van der Waals surface area (Å²) in [5.41, 5.74) is 9.11. The van der Waals surface area contributed by atoms with Gasteiger partial charge in [0.1, 0.15) is 0 Å². The van der Waals surface area contributed by atoms with Crippen molar-refractivity contribution in [2.75, 3.05) is 5.73 Å². The molecule has 1 nitrogen and oxygen atoms in total. The predicted octanol–water partition coefficient (Wildman–Crippen LogP) is 3.31. The van der Waals surface area contributed by atoms with Gasteiger partial charge in [0, 0.05) is 10.6 Å². The van der Waals surface area contributed by atoms with Crippen LogP contribution in [-0.2, 0) is 0 Å². The quantitative estimate of drug-likeness (QED) is 0.684. The molecule has 0 fully saturated rings. The number of hydrogen-bond acceptors (Lipinski definition) is 2. The lowest BCUT2D eigenvalue weighted by atomic mass is 10.1. The second-order valence-corrected chi connectivity index (χ2v) is 3.94. The lowest BCUT2D eigenvalue weighted by Crippen LogP contribution is -1.90. The number of benzene rings is 1. The molecule has 0 unspecified atom stereocenters. The van der Waals surface area contributed by atoms with Crippen molar-refractivity contribution in [3.63, 3.8) is 0 Å². The van der Waals surface area contributed by atoms with Gasteiger partial charge < -0.3 is 5.73 Å². The summed E-state index contributed by atoms with van der Waals surface area (Å²) in [6.07, 6.45) is 0. The van der Waals surface area contributed by atoms with Crippen molar-refractivity contribution in [2.45, 2.75) is 6.92 Å². The van der Waals surface area contributed by atoms with Gasteiger partial charge in [0.05, 0.1) is 0 Å². The minimum Gasteiger partial charge on any atom is -0.398 e. The van der Waals surface area contributed by atoms with E-state index in [0.29, 0.717) is 0 Å². The monoisotopic (exact) mass is 189 g/mol. The average Bonchev–Trinajstić information content (AvgIpc) is 2.62. The zero-order chi connectivity index (χ0) is 9.26. The zero-order valence-electron chi connectivity index (χ0n) is 7.45. The molecule has 2 aromatic rings. The zero-order valence-corrected chi connectivity index (χ0v) is 8.27. The molecule has 2 N–H and O–H groups in total. The lowest BCUT2D eigenvalue weighted by molar-refractivity contribution is 1.48. The van der Waals surface area contributed by atoms with E-state index >= 15 is 0 Å². The highest BCUT2D eigenvalue weighted by Gasteiger charge is 2.03. The Kier molecular flexibility index (Phi) is 2.07. The van der Waals surface area contributed by atoms with Crippen LogP contribution in [0.1, 0.15) is 5.56 Å². The van der Waals surface area contributed by atoms with Crippen molar-refractivity contribution in [3.05, 3.63) is 41.3 Å². The number of rotatable bonds is 1. The highest BCUT2D eigenvalue weighted by Crippen LogP contribution is 2.30. The summed E-state index contributed by atoms with van der Waals surface area (Å²) in [4.78, 5) is 1.28. The lowest BCUT2D eigenvalue weighted by Gasteiger charge is -2.05. The van der Waals surface area contributed by atoms with E-state index in [1.807, 2.05) is 12.1 Å². The van der Waals surface area contributed by atoms with Gasteiger partial charge in [-0.1, -0.05) is 18.2 Å². The molecule has 0 spiro atoms. The van der Waals surface area contributed by atoms with Gasteiger partial charge in [-0.25, -0.2) is 0 Å². The van der Waals surface area contributed by atoms with E-state index in [4.69, 9.17) is 5.73 Å². The van der Waals surface area contributed by atoms with Gasteiger partial charge in [0.2, 0.25) is 0 Å². The van der Waals surface area contributed by atoms with E-state index < -0.39 is 0 Å².